The summed E-state index contributed by atoms with van der Waals surface area (Å²) in [7, 11) is 0. The first-order chi connectivity index (χ1) is 6.66. The molecule has 14 heavy (non-hydrogen) atoms. The second-order valence-electron chi connectivity index (χ2n) is 5.26. The van der Waals surface area contributed by atoms with Crippen LogP contribution >= 0.6 is 0 Å². The summed E-state index contributed by atoms with van der Waals surface area (Å²) in [6, 6.07) is 0.628. The van der Waals surface area contributed by atoms with E-state index in [4.69, 9.17) is 0 Å². The van der Waals surface area contributed by atoms with Crippen molar-refractivity contribution in [3.05, 3.63) is 0 Å². The molecule has 2 N–H and O–H groups in total. The van der Waals surface area contributed by atoms with E-state index in [0.29, 0.717) is 11.5 Å². The number of aliphatic imine (C=N–C) groups is 1. The molecule has 0 radical (unpaired) electrons. The molecule has 0 spiro atoms. The zero-order chi connectivity index (χ0) is 10.0. The van der Waals surface area contributed by atoms with Crippen molar-refractivity contribution in [2.45, 2.75) is 45.6 Å². The lowest BCUT2D eigenvalue weighted by Crippen LogP contribution is -2.44. The van der Waals surface area contributed by atoms with Crippen LogP contribution in [0.3, 0.4) is 0 Å². The van der Waals surface area contributed by atoms with Gasteiger partial charge in [-0.15, -0.1) is 0 Å². The van der Waals surface area contributed by atoms with Gasteiger partial charge in [-0.1, -0.05) is 20.3 Å². The number of nitrogens with zero attached hydrogens (tertiary/aromatic N) is 1. The van der Waals surface area contributed by atoms with Gasteiger partial charge in [0.05, 0.1) is 6.54 Å². The smallest absolute Gasteiger partial charge is 0.191 e. The summed E-state index contributed by atoms with van der Waals surface area (Å²) >= 11 is 0. The Labute approximate surface area is 86.4 Å². The lowest BCUT2D eigenvalue weighted by atomic mass is 9.75. The van der Waals surface area contributed by atoms with Gasteiger partial charge in [0.15, 0.2) is 5.96 Å². The van der Waals surface area contributed by atoms with Crippen molar-refractivity contribution in [2.24, 2.45) is 10.4 Å². The first-order valence-electron chi connectivity index (χ1n) is 5.71. The normalized spacial score (nSPS) is 30.7. The molecule has 0 aromatic carbocycles. The summed E-state index contributed by atoms with van der Waals surface area (Å²) < 4.78 is 0. The molecule has 1 atom stereocenters. The molecule has 1 aliphatic heterocycles. The van der Waals surface area contributed by atoms with E-state index in [1.54, 1.807) is 0 Å². The van der Waals surface area contributed by atoms with Crippen LogP contribution in [0, 0.1) is 5.41 Å². The van der Waals surface area contributed by atoms with E-state index in [0.717, 1.165) is 19.0 Å². The average molecular weight is 195 g/mol. The summed E-state index contributed by atoms with van der Waals surface area (Å²) in [5.74, 6) is 1.02. The van der Waals surface area contributed by atoms with E-state index in [9.17, 15) is 0 Å². The van der Waals surface area contributed by atoms with Gasteiger partial charge < -0.3 is 10.6 Å². The fraction of sp³-hybridized carbons (Fsp3) is 0.909. The van der Waals surface area contributed by atoms with Gasteiger partial charge in [0.2, 0.25) is 0 Å². The largest absolute Gasteiger partial charge is 0.355 e. The first-order valence-corrected chi connectivity index (χ1v) is 5.71. The summed E-state index contributed by atoms with van der Waals surface area (Å²) in [5.41, 5.74) is 0.509. The van der Waals surface area contributed by atoms with Crippen molar-refractivity contribution in [2.75, 3.05) is 13.1 Å². The van der Waals surface area contributed by atoms with Crippen LogP contribution in [0.5, 0.6) is 0 Å². The van der Waals surface area contributed by atoms with E-state index >= 15 is 0 Å². The summed E-state index contributed by atoms with van der Waals surface area (Å²) in [6.07, 6.45) is 5.28. The van der Waals surface area contributed by atoms with Gasteiger partial charge >= 0.3 is 0 Å². The Kier molecular flexibility index (Phi) is 2.66. The van der Waals surface area contributed by atoms with Crippen molar-refractivity contribution >= 4 is 5.96 Å². The second-order valence-corrected chi connectivity index (χ2v) is 5.26. The topological polar surface area (TPSA) is 36.4 Å². The molecule has 3 nitrogen and oxygen atoms in total. The highest BCUT2D eigenvalue weighted by molar-refractivity contribution is 5.81. The Morgan fingerprint density at radius 1 is 1.50 bits per heavy atom. The van der Waals surface area contributed by atoms with Crippen LogP contribution in [0.2, 0.25) is 0 Å². The van der Waals surface area contributed by atoms with Gasteiger partial charge in [0.1, 0.15) is 0 Å². The quantitative estimate of drug-likeness (QED) is 0.665. The Morgan fingerprint density at radius 2 is 2.36 bits per heavy atom. The molecule has 1 heterocycles. The van der Waals surface area contributed by atoms with E-state index < -0.39 is 0 Å². The molecule has 2 rings (SSSR count). The number of hydrogen-bond donors (Lipinski definition) is 2. The van der Waals surface area contributed by atoms with Crippen molar-refractivity contribution in [1.82, 2.24) is 10.6 Å². The molecule has 3 heteroatoms. The second kappa shape index (κ2) is 3.79. The van der Waals surface area contributed by atoms with Gasteiger partial charge in [0, 0.05) is 12.6 Å². The zero-order valence-corrected chi connectivity index (χ0v) is 9.27. The minimum absolute atomic E-state index is 0.509. The Morgan fingerprint density at radius 3 is 3.00 bits per heavy atom. The molecule has 80 valence electrons. The van der Waals surface area contributed by atoms with Crippen LogP contribution in [-0.4, -0.2) is 25.1 Å². The molecule has 0 bridgehead atoms. The third kappa shape index (κ3) is 2.40. The zero-order valence-electron chi connectivity index (χ0n) is 9.27. The van der Waals surface area contributed by atoms with E-state index in [-0.39, 0.29) is 0 Å². The molecule has 1 aliphatic carbocycles. The summed E-state index contributed by atoms with van der Waals surface area (Å²) in [6.45, 7) is 6.66. The molecule has 2 aliphatic rings. The number of nitrogens with one attached hydrogen (secondary N) is 2. The Hall–Kier alpha value is -0.730. The third-order valence-corrected chi connectivity index (χ3v) is 3.22. The minimum atomic E-state index is 0.509. The predicted octanol–water partition coefficient (Wildman–Crippen LogP) is 1.50. The van der Waals surface area contributed by atoms with Crippen LogP contribution in [-0.2, 0) is 0 Å². The average Bonchev–Trinajstić information content (AvgIpc) is 2.54. The van der Waals surface area contributed by atoms with Gasteiger partial charge in [-0.05, 0) is 24.7 Å². The molecule has 0 saturated heterocycles. The maximum absolute atomic E-state index is 4.37. The molecular formula is C11H21N3. The molecule has 0 aromatic rings. The van der Waals surface area contributed by atoms with Crippen LogP contribution in [0.15, 0.2) is 4.99 Å². The lowest BCUT2D eigenvalue weighted by Gasteiger charge is -2.35. The van der Waals surface area contributed by atoms with E-state index in [1.165, 1.54) is 25.7 Å². The molecule has 0 amide bonds. The van der Waals surface area contributed by atoms with E-state index in [1.807, 2.05) is 0 Å². The SMILES string of the molecule is CC1(C)CCCC(NC2=NCCN2)C1. The standard InChI is InChI=1S/C11H21N3/c1-11(2)5-3-4-9(8-11)14-10-12-6-7-13-10/h9H,3-8H2,1-2H3,(H2,12,13,14). The monoisotopic (exact) mass is 195 g/mol. The Bertz CT molecular complexity index is 233. The molecule has 1 saturated carbocycles. The van der Waals surface area contributed by atoms with Gasteiger partial charge in [0.25, 0.3) is 0 Å². The van der Waals surface area contributed by atoms with Crippen molar-refractivity contribution < 1.29 is 0 Å². The van der Waals surface area contributed by atoms with Crippen molar-refractivity contribution in [1.29, 1.82) is 0 Å². The highest BCUT2D eigenvalue weighted by Crippen LogP contribution is 2.34. The van der Waals surface area contributed by atoms with Crippen molar-refractivity contribution in [3.63, 3.8) is 0 Å². The van der Waals surface area contributed by atoms with Crippen molar-refractivity contribution in [3.8, 4) is 0 Å². The van der Waals surface area contributed by atoms with E-state index in [2.05, 4.69) is 29.5 Å². The van der Waals surface area contributed by atoms with Gasteiger partial charge in [-0.3, -0.25) is 4.99 Å². The van der Waals surface area contributed by atoms with Crippen LogP contribution in [0.4, 0.5) is 0 Å². The Balaban J connectivity index is 1.85. The van der Waals surface area contributed by atoms with Crippen LogP contribution in [0.25, 0.3) is 0 Å². The molecular weight excluding hydrogens is 174 g/mol. The lowest BCUT2D eigenvalue weighted by molar-refractivity contribution is 0.210. The van der Waals surface area contributed by atoms with Crippen LogP contribution in [0.1, 0.15) is 39.5 Å². The number of hydrogen-bond acceptors (Lipinski definition) is 3. The fourth-order valence-corrected chi connectivity index (χ4v) is 2.51. The summed E-state index contributed by atoms with van der Waals surface area (Å²) in [5, 5.41) is 6.78. The van der Waals surface area contributed by atoms with Gasteiger partial charge in [-0.2, -0.15) is 0 Å². The fourth-order valence-electron chi connectivity index (χ4n) is 2.51. The van der Waals surface area contributed by atoms with Crippen LogP contribution < -0.4 is 10.6 Å². The minimum Gasteiger partial charge on any atom is -0.355 e. The molecule has 0 aromatic heterocycles. The summed E-state index contributed by atoms with van der Waals surface area (Å²) in [4.78, 5) is 4.37. The highest BCUT2D eigenvalue weighted by atomic mass is 15.2. The third-order valence-electron chi connectivity index (χ3n) is 3.22. The molecule has 1 fully saturated rings. The maximum Gasteiger partial charge on any atom is 0.191 e. The van der Waals surface area contributed by atoms with Gasteiger partial charge in [-0.25, -0.2) is 0 Å². The highest BCUT2D eigenvalue weighted by Gasteiger charge is 2.28. The predicted molar refractivity (Wildman–Crippen MR) is 59.5 cm³/mol. The number of rotatable bonds is 1. The maximum atomic E-state index is 4.37. The first kappa shape index (κ1) is 9.81. The molecule has 1 unspecified atom stereocenters. The number of guanidine groups is 1.